The Balaban J connectivity index is 1.42. The van der Waals surface area contributed by atoms with Gasteiger partial charge >= 0.3 is 0 Å². The van der Waals surface area contributed by atoms with Crippen LogP contribution in [0.2, 0.25) is 0 Å². The van der Waals surface area contributed by atoms with E-state index in [-0.39, 0.29) is 5.56 Å². The van der Waals surface area contributed by atoms with Gasteiger partial charge < -0.3 is 9.97 Å². The molecule has 5 rings (SSSR count). The number of aromatic nitrogens is 3. The van der Waals surface area contributed by atoms with Crippen molar-refractivity contribution in [3.63, 3.8) is 0 Å². The molecule has 0 radical (unpaired) electrons. The van der Waals surface area contributed by atoms with Gasteiger partial charge in [0.05, 0.1) is 5.69 Å². The zero-order valence-corrected chi connectivity index (χ0v) is 15.8. The molecule has 2 aromatic carbocycles. The highest BCUT2D eigenvalue weighted by Crippen LogP contribution is 2.22. The Hall–Kier alpha value is -3.18. The molecule has 5 nitrogen and oxygen atoms in total. The third kappa shape index (κ3) is 3.14. The Labute approximate surface area is 163 Å². The summed E-state index contributed by atoms with van der Waals surface area (Å²) in [4.78, 5) is 26.2. The van der Waals surface area contributed by atoms with Crippen molar-refractivity contribution in [3.05, 3.63) is 87.5 Å². The highest BCUT2D eigenvalue weighted by molar-refractivity contribution is 5.80. The van der Waals surface area contributed by atoms with Crippen LogP contribution in [0.25, 0.3) is 22.3 Å². The molecule has 0 aliphatic carbocycles. The summed E-state index contributed by atoms with van der Waals surface area (Å²) in [6.45, 7) is 4.42. The van der Waals surface area contributed by atoms with E-state index in [0.717, 1.165) is 41.8 Å². The van der Waals surface area contributed by atoms with Crippen molar-refractivity contribution < 1.29 is 0 Å². The lowest BCUT2D eigenvalue weighted by molar-refractivity contribution is 0.238. The van der Waals surface area contributed by atoms with Gasteiger partial charge in [0.1, 0.15) is 5.82 Å². The summed E-state index contributed by atoms with van der Waals surface area (Å²) in [7, 11) is 0. The van der Waals surface area contributed by atoms with Crippen LogP contribution in [-0.4, -0.2) is 26.4 Å². The fourth-order valence-electron chi connectivity index (χ4n) is 3.94. The number of H-pyrrole nitrogens is 2. The van der Waals surface area contributed by atoms with Crippen molar-refractivity contribution in [2.75, 3.05) is 6.54 Å². The highest BCUT2D eigenvalue weighted by atomic mass is 16.1. The average molecular weight is 370 g/mol. The molecule has 0 fully saturated rings. The van der Waals surface area contributed by atoms with Crippen LogP contribution < -0.4 is 5.56 Å². The van der Waals surface area contributed by atoms with Crippen LogP contribution in [0.3, 0.4) is 0 Å². The molecule has 0 saturated carbocycles. The van der Waals surface area contributed by atoms with Gasteiger partial charge in [-0.25, -0.2) is 4.98 Å². The van der Waals surface area contributed by atoms with Crippen molar-refractivity contribution in [1.82, 2.24) is 19.9 Å². The monoisotopic (exact) mass is 370 g/mol. The fraction of sp³-hybridized carbons (Fsp3) is 0.217. The normalized spacial score (nSPS) is 14.3. The third-order valence-electron chi connectivity index (χ3n) is 5.46. The molecule has 0 bridgehead atoms. The highest BCUT2D eigenvalue weighted by Gasteiger charge is 2.22. The van der Waals surface area contributed by atoms with Gasteiger partial charge in [0, 0.05) is 42.0 Å². The Morgan fingerprint density at radius 2 is 1.89 bits per heavy atom. The molecule has 4 aromatic rings. The summed E-state index contributed by atoms with van der Waals surface area (Å²) < 4.78 is 0. The van der Waals surface area contributed by atoms with E-state index in [1.54, 1.807) is 0 Å². The number of hydrogen-bond donors (Lipinski definition) is 2. The first kappa shape index (κ1) is 17.0. The number of rotatable bonds is 3. The lowest BCUT2D eigenvalue weighted by Gasteiger charge is -2.27. The first-order valence-electron chi connectivity index (χ1n) is 9.64. The molecular formula is C23H22N4O. The third-order valence-corrected chi connectivity index (χ3v) is 5.46. The van der Waals surface area contributed by atoms with E-state index < -0.39 is 0 Å². The molecule has 5 heteroatoms. The van der Waals surface area contributed by atoms with E-state index in [1.165, 1.54) is 16.6 Å². The van der Waals surface area contributed by atoms with E-state index >= 15 is 0 Å². The van der Waals surface area contributed by atoms with Gasteiger partial charge in [-0.3, -0.25) is 9.69 Å². The van der Waals surface area contributed by atoms with Gasteiger partial charge in [0.25, 0.3) is 5.56 Å². The minimum absolute atomic E-state index is 0.00848. The molecule has 140 valence electrons. The van der Waals surface area contributed by atoms with Gasteiger partial charge in [-0.05, 0) is 30.9 Å². The first-order valence-corrected chi connectivity index (χ1v) is 9.64. The number of hydrogen-bond acceptors (Lipinski definition) is 3. The maximum atomic E-state index is 12.6. The second kappa shape index (κ2) is 6.77. The summed E-state index contributed by atoms with van der Waals surface area (Å²) in [6, 6.07) is 18.6. The van der Waals surface area contributed by atoms with Crippen LogP contribution in [0.4, 0.5) is 0 Å². The molecule has 0 spiro atoms. The van der Waals surface area contributed by atoms with Crippen molar-refractivity contribution in [2.24, 2.45) is 0 Å². The molecule has 2 N–H and O–H groups in total. The second-order valence-corrected chi connectivity index (χ2v) is 7.55. The average Bonchev–Trinajstić information content (AvgIpc) is 3.10. The number of aryl methyl sites for hydroxylation is 1. The molecule has 28 heavy (non-hydrogen) atoms. The van der Waals surface area contributed by atoms with Crippen molar-refractivity contribution in [2.45, 2.75) is 26.4 Å². The van der Waals surface area contributed by atoms with Crippen LogP contribution in [0.15, 0.2) is 59.4 Å². The molecule has 0 amide bonds. The van der Waals surface area contributed by atoms with Crippen molar-refractivity contribution >= 4 is 10.9 Å². The Bertz CT molecular complexity index is 1170. The Morgan fingerprint density at radius 3 is 2.71 bits per heavy atom. The summed E-state index contributed by atoms with van der Waals surface area (Å²) >= 11 is 0. The predicted molar refractivity (Wildman–Crippen MR) is 111 cm³/mol. The Morgan fingerprint density at radius 1 is 1.07 bits per heavy atom. The topological polar surface area (TPSA) is 64.8 Å². The number of nitrogens with zero attached hydrogens (tertiary/aromatic N) is 2. The number of fused-ring (bicyclic) bond motifs is 2. The zero-order chi connectivity index (χ0) is 19.1. The molecule has 1 aliphatic rings. The largest absolute Gasteiger partial charge is 0.357 e. The van der Waals surface area contributed by atoms with Crippen LogP contribution in [0.1, 0.15) is 22.5 Å². The summed E-state index contributed by atoms with van der Waals surface area (Å²) in [5, 5.41) is 1.23. The second-order valence-electron chi connectivity index (χ2n) is 7.55. The van der Waals surface area contributed by atoms with Crippen LogP contribution in [0.5, 0.6) is 0 Å². The van der Waals surface area contributed by atoms with E-state index in [9.17, 15) is 4.79 Å². The van der Waals surface area contributed by atoms with E-state index in [1.807, 2.05) is 30.3 Å². The van der Waals surface area contributed by atoms with Gasteiger partial charge in [0.15, 0.2) is 0 Å². The molecular weight excluding hydrogens is 348 g/mol. The molecule has 0 atom stereocenters. The molecule has 3 heterocycles. The maximum Gasteiger partial charge on any atom is 0.254 e. The van der Waals surface area contributed by atoms with Crippen LogP contribution in [-0.2, 0) is 19.5 Å². The van der Waals surface area contributed by atoms with Gasteiger partial charge in [-0.15, -0.1) is 0 Å². The van der Waals surface area contributed by atoms with Crippen LogP contribution >= 0.6 is 0 Å². The number of benzene rings is 2. The van der Waals surface area contributed by atoms with E-state index in [2.05, 4.69) is 46.1 Å². The van der Waals surface area contributed by atoms with E-state index in [0.29, 0.717) is 12.4 Å². The number of para-hydroxylation sites is 1. The minimum Gasteiger partial charge on any atom is -0.357 e. The molecule has 2 aromatic heterocycles. The molecule has 0 unspecified atom stereocenters. The number of nitrogens with one attached hydrogen (secondary N) is 2. The molecule has 1 aliphatic heterocycles. The minimum atomic E-state index is -0.00848. The quantitative estimate of drug-likeness (QED) is 0.577. The van der Waals surface area contributed by atoms with Crippen molar-refractivity contribution in [3.8, 4) is 11.4 Å². The summed E-state index contributed by atoms with van der Waals surface area (Å²) in [5.74, 6) is 0.649. The maximum absolute atomic E-state index is 12.6. The smallest absolute Gasteiger partial charge is 0.254 e. The summed E-state index contributed by atoms with van der Waals surface area (Å²) in [5.41, 5.74) is 6.18. The lowest BCUT2D eigenvalue weighted by atomic mass is 10.1. The summed E-state index contributed by atoms with van der Waals surface area (Å²) in [6.07, 6.45) is 0.728. The van der Waals surface area contributed by atoms with Crippen LogP contribution in [0, 0.1) is 6.92 Å². The first-order chi connectivity index (χ1) is 13.7. The van der Waals surface area contributed by atoms with E-state index in [4.69, 9.17) is 4.98 Å². The Kier molecular flexibility index (Phi) is 4.10. The fourth-order valence-corrected chi connectivity index (χ4v) is 3.94. The lowest BCUT2D eigenvalue weighted by Crippen LogP contribution is -2.35. The zero-order valence-electron chi connectivity index (χ0n) is 15.8. The van der Waals surface area contributed by atoms with Gasteiger partial charge in [0.2, 0.25) is 0 Å². The van der Waals surface area contributed by atoms with Gasteiger partial charge in [-0.1, -0.05) is 48.0 Å². The predicted octanol–water partition coefficient (Wildman–Crippen LogP) is 3.78. The standard InChI is InChI=1S/C23H22N4O/c1-15-6-8-16(9-7-15)22-25-21-14-27(11-10-19(21)23(28)26-22)13-18-12-17-4-2-3-5-20(17)24-18/h2-9,12,24H,10-11,13-14H2,1H3,(H,25,26,28). The van der Waals surface area contributed by atoms with Crippen molar-refractivity contribution in [1.29, 1.82) is 0 Å². The number of aromatic amines is 2. The van der Waals surface area contributed by atoms with Gasteiger partial charge in [-0.2, -0.15) is 0 Å². The SMILES string of the molecule is Cc1ccc(-c2nc3c(c(=O)[nH]2)CCN(Cc2cc4ccccc4[nH]2)C3)cc1. The molecule has 0 saturated heterocycles.